The quantitative estimate of drug-likeness (QED) is 0.804. The van der Waals surface area contributed by atoms with Crippen LogP contribution in [0, 0.1) is 0 Å². The average Bonchev–Trinajstić information content (AvgIpc) is 3.11. The first-order valence-electron chi connectivity index (χ1n) is 8.79. The number of halogens is 1. The summed E-state index contributed by atoms with van der Waals surface area (Å²) in [5.41, 5.74) is 2.53. The molecule has 0 radical (unpaired) electrons. The van der Waals surface area contributed by atoms with Crippen LogP contribution in [0.15, 0.2) is 52.3 Å². The molecule has 4 nitrogen and oxygen atoms in total. The predicted molar refractivity (Wildman–Crippen MR) is 108 cm³/mol. The molecule has 138 valence electrons. The summed E-state index contributed by atoms with van der Waals surface area (Å²) in [4.78, 5) is 18.6. The van der Waals surface area contributed by atoms with Crippen molar-refractivity contribution in [2.24, 2.45) is 0 Å². The lowest BCUT2D eigenvalue weighted by molar-refractivity contribution is 0.0697. The van der Waals surface area contributed by atoms with E-state index in [1.54, 1.807) is 17.8 Å². The number of likely N-dealkylation sites (tertiary alicyclic amines) is 1. The van der Waals surface area contributed by atoms with Crippen molar-refractivity contribution < 1.29 is 9.90 Å². The van der Waals surface area contributed by atoms with E-state index in [-0.39, 0.29) is 18.4 Å². The number of rotatable bonds is 4. The molecule has 2 aliphatic rings. The second-order valence-electron chi connectivity index (χ2n) is 6.78. The lowest BCUT2D eigenvalue weighted by Crippen LogP contribution is -2.40. The van der Waals surface area contributed by atoms with Crippen molar-refractivity contribution in [2.75, 3.05) is 24.5 Å². The molecule has 1 fully saturated rings. The highest BCUT2D eigenvalue weighted by Gasteiger charge is 2.29. The van der Waals surface area contributed by atoms with E-state index in [1.807, 2.05) is 12.1 Å². The molecule has 2 aromatic carbocycles. The molecule has 4 rings (SSSR count). The normalized spacial score (nSPS) is 17.2. The van der Waals surface area contributed by atoms with Gasteiger partial charge in [-0.3, -0.25) is 0 Å². The zero-order chi connectivity index (χ0) is 17.4. The summed E-state index contributed by atoms with van der Waals surface area (Å²) >= 11 is 1.72. The van der Waals surface area contributed by atoms with Crippen LogP contribution < -0.4 is 4.90 Å². The summed E-state index contributed by atoms with van der Waals surface area (Å²) in [7, 11) is 0. The number of hydrogen-bond donors (Lipinski definition) is 1. The Kier molecular flexibility index (Phi) is 5.80. The Bertz CT molecular complexity index is 808. The first-order valence-corrected chi connectivity index (χ1v) is 9.61. The lowest BCUT2D eigenvalue weighted by atomic mass is 10.1. The maximum Gasteiger partial charge on any atom is 0.335 e. The highest BCUT2D eigenvalue weighted by Crippen LogP contribution is 2.49. The first-order chi connectivity index (χ1) is 12.1. The standard InChI is InChI=1S/C20H22N2O2S.ClH/c1-14(13-21-10-4-5-11-21)22-16-6-2-3-7-18(16)25-19-9-8-15(20(23)24)12-17(19)22;/h2-3,6-9,12,14H,4-5,10-11,13H2,1H3,(H,23,24);1H. The molecule has 1 unspecified atom stereocenters. The number of carbonyl (C=O) groups is 1. The van der Waals surface area contributed by atoms with Gasteiger partial charge in [0.2, 0.25) is 0 Å². The molecule has 0 amide bonds. The van der Waals surface area contributed by atoms with Crippen molar-refractivity contribution in [3.8, 4) is 0 Å². The zero-order valence-electron chi connectivity index (χ0n) is 14.7. The second kappa shape index (κ2) is 7.91. The monoisotopic (exact) mass is 390 g/mol. The van der Waals surface area contributed by atoms with Crippen LogP contribution >= 0.6 is 24.2 Å². The molecule has 6 heteroatoms. The number of fused-ring (bicyclic) bond motifs is 2. The van der Waals surface area contributed by atoms with Gasteiger partial charge in [-0.25, -0.2) is 4.79 Å². The number of anilines is 2. The average molecular weight is 391 g/mol. The molecular formula is C20H23ClN2O2S. The molecule has 2 heterocycles. The summed E-state index contributed by atoms with van der Waals surface area (Å²) in [5, 5.41) is 9.40. The fraction of sp³-hybridized carbons (Fsp3) is 0.350. The third kappa shape index (κ3) is 3.56. The Morgan fingerprint density at radius 2 is 1.81 bits per heavy atom. The van der Waals surface area contributed by atoms with E-state index in [0.29, 0.717) is 5.56 Å². The van der Waals surface area contributed by atoms with Crippen molar-refractivity contribution in [3.63, 3.8) is 0 Å². The Hall–Kier alpha value is -1.69. The molecule has 0 aliphatic carbocycles. The summed E-state index contributed by atoms with van der Waals surface area (Å²) in [6, 6.07) is 14.1. The molecule has 0 saturated carbocycles. The molecular weight excluding hydrogens is 368 g/mol. The van der Waals surface area contributed by atoms with Crippen LogP contribution in [0.1, 0.15) is 30.1 Å². The van der Waals surface area contributed by atoms with Crippen LogP contribution in [0.25, 0.3) is 0 Å². The topological polar surface area (TPSA) is 43.8 Å². The number of hydrogen-bond acceptors (Lipinski definition) is 4. The molecule has 0 bridgehead atoms. The second-order valence-corrected chi connectivity index (χ2v) is 7.87. The van der Waals surface area contributed by atoms with Crippen LogP contribution in [-0.2, 0) is 0 Å². The SMILES string of the molecule is CC(CN1CCCC1)N1c2ccccc2Sc2ccc(C(=O)O)cc21.Cl. The van der Waals surface area contributed by atoms with Gasteiger partial charge in [-0.05, 0) is 63.2 Å². The molecule has 1 saturated heterocycles. The van der Waals surface area contributed by atoms with Crippen LogP contribution in [0.3, 0.4) is 0 Å². The predicted octanol–water partition coefficient (Wildman–Crippen LogP) is 4.89. The van der Waals surface area contributed by atoms with Crippen molar-refractivity contribution in [2.45, 2.75) is 35.6 Å². The Morgan fingerprint density at radius 1 is 1.12 bits per heavy atom. The Balaban J connectivity index is 0.00000196. The van der Waals surface area contributed by atoms with Crippen molar-refractivity contribution in [1.29, 1.82) is 0 Å². The molecule has 1 N–H and O–H groups in total. The van der Waals surface area contributed by atoms with E-state index >= 15 is 0 Å². The summed E-state index contributed by atoms with van der Waals surface area (Å²) < 4.78 is 0. The van der Waals surface area contributed by atoms with Gasteiger partial charge in [0.05, 0.1) is 16.9 Å². The Labute approximate surface area is 164 Å². The van der Waals surface area contributed by atoms with Gasteiger partial charge < -0.3 is 14.9 Å². The van der Waals surface area contributed by atoms with E-state index < -0.39 is 5.97 Å². The van der Waals surface area contributed by atoms with E-state index in [1.165, 1.54) is 23.4 Å². The molecule has 1 atom stereocenters. The Morgan fingerprint density at radius 3 is 2.54 bits per heavy atom. The highest BCUT2D eigenvalue weighted by molar-refractivity contribution is 7.99. The molecule has 0 spiro atoms. The van der Waals surface area contributed by atoms with Gasteiger partial charge in [-0.1, -0.05) is 23.9 Å². The van der Waals surface area contributed by atoms with E-state index in [9.17, 15) is 9.90 Å². The third-order valence-electron chi connectivity index (χ3n) is 4.97. The van der Waals surface area contributed by atoms with Crippen LogP contribution in [-0.4, -0.2) is 41.7 Å². The highest BCUT2D eigenvalue weighted by atomic mass is 35.5. The largest absolute Gasteiger partial charge is 0.478 e. The third-order valence-corrected chi connectivity index (χ3v) is 6.10. The van der Waals surface area contributed by atoms with Crippen LogP contribution in [0.4, 0.5) is 11.4 Å². The van der Waals surface area contributed by atoms with Gasteiger partial charge in [-0.15, -0.1) is 12.4 Å². The van der Waals surface area contributed by atoms with Crippen molar-refractivity contribution in [3.05, 3.63) is 48.0 Å². The number of nitrogens with zero attached hydrogens (tertiary/aromatic N) is 2. The fourth-order valence-corrected chi connectivity index (χ4v) is 4.86. The zero-order valence-corrected chi connectivity index (χ0v) is 16.4. The van der Waals surface area contributed by atoms with E-state index in [0.717, 1.165) is 30.2 Å². The molecule has 0 aromatic heterocycles. The number of carboxylic acids is 1. The van der Waals surface area contributed by atoms with E-state index in [4.69, 9.17) is 0 Å². The van der Waals surface area contributed by atoms with Crippen LogP contribution in [0.5, 0.6) is 0 Å². The van der Waals surface area contributed by atoms with Gasteiger partial charge >= 0.3 is 5.97 Å². The number of para-hydroxylation sites is 1. The summed E-state index contributed by atoms with van der Waals surface area (Å²) in [6.07, 6.45) is 2.55. The van der Waals surface area contributed by atoms with Crippen LogP contribution in [0.2, 0.25) is 0 Å². The maximum absolute atomic E-state index is 11.5. The lowest BCUT2D eigenvalue weighted by Gasteiger charge is -2.38. The molecule has 26 heavy (non-hydrogen) atoms. The smallest absolute Gasteiger partial charge is 0.335 e. The fourth-order valence-electron chi connectivity index (χ4n) is 3.81. The van der Waals surface area contributed by atoms with Crippen molar-refractivity contribution >= 4 is 41.5 Å². The minimum Gasteiger partial charge on any atom is -0.478 e. The van der Waals surface area contributed by atoms with Gasteiger partial charge in [-0.2, -0.15) is 0 Å². The van der Waals surface area contributed by atoms with Crippen molar-refractivity contribution in [1.82, 2.24) is 4.90 Å². The van der Waals surface area contributed by atoms with Gasteiger partial charge in [0.15, 0.2) is 0 Å². The minimum atomic E-state index is -0.876. The van der Waals surface area contributed by atoms with E-state index in [2.05, 4.69) is 41.0 Å². The van der Waals surface area contributed by atoms with Gasteiger partial charge in [0.1, 0.15) is 0 Å². The minimum absolute atomic E-state index is 0. The number of aromatic carboxylic acids is 1. The van der Waals surface area contributed by atoms with Gasteiger partial charge in [0.25, 0.3) is 0 Å². The number of benzene rings is 2. The first kappa shape index (κ1) is 19.1. The molecule has 2 aromatic rings. The summed E-state index contributed by atoms with van der Waals surface area (Å²) in [6.45, 7) is 5.56. The maximum atomic E-state index is 11.5. The van der Waals surface area contributed by atoms with Gasteiger partial charge in [0, 0.05) is 22.4 Å². The number of carboxylic acid groups (broad SMARTS) is 1. The summed E-state index contributed by atoms with van der Waals surface area (Å²) in [5.74, 6) is -0.876. The molecule has 2 aliphatic heterocycles.